The standard InChI is InChI=1S/C15H22N6O/c1-12(2)9-14(13-5-3-7-16-10-13)18-15(22)6-4-8-21-11-17-19-20-21/h3,5,7,10-12,14H,4,6,8-9H2,1-2H3,(H,18,22)/t14-/m1/s1. The molecule has 2 heterocycles. The molecular formula is C15H22N6O. The number of amides is 1. The summed E-state index contributed by atoms with van der Waals surface area (Å²) in [6, 6.07) is 3.91. The molecule has 22 heavy (non-hydrogen) atoms. The van der Waals surface area contributed by atoms with Gasteiger partial charge in [0, 0.05) is 25.4 Å². The van der Waals surface area contributed by atoms with Crippen molar-refractivity contribution in [3.63, 3.8) is 0 Å². The van der Waals surface area contributed by atoms with Crippen LogP contribution in [-0.4, -0.2) is 31.1 Å². The molecule has 1 atom stereocenters. The fourth-order valence-corrected chi connectivity index (χ4v) is 2.28. The van der Waals surface area contributed by atoms with E-state index in [-0.39, 0.29) is 11.9 Å². The van der Waals surface area contributed by atoms with Crippen LogP contribution in [0.1, 0.15) is 44.7 Å². The zero-order valence-electron chi connectivity index (χ0n) is 13.0. The van der Waals surface area contributed by atoms with Gasteiger partial charge >= 0.3 is 0 Å². The maximum atomic E-state index is 12.1. The predicted molar refractivity (Wildman–Crippen MR) is 81.6 cm³/mol. The Morgan fingerprint density at radius 3 is 2.91 bits per heavy atom. The Hall–Kier alpha value is -2.31. The molecule has 0 aliphatic rings. The van der Waals surface area contributed by atoms with Gasteiger partial charge in [0.25, 0.3) is 0 Å². The number of carbonyl (C=O) groups excluding carboxylic acids is 1. The Morgan fingerprint density at radius 1 is 1.41 bits per heavy atom. The Kier molecular flexibility index (Phi) is 6.00. The highest BCUT2D eigenvalue weighted by Gasteiger charge is 2.16. The van der Waals surface area contributed by atoms with Crippen LogP contribution in [0.5, 0.6) is 0 Å². The van der Waals surface area contributed by atoms with Crippen molar-refractivity contribution in [3.05, 3.63) is 36.4 Å². The first-order valence-electron chi connectivity index (χ1n) is 7.55. The quantitative estimate of drug-likeness (QED) is 0.803. The molecule has 7 heteroatoms. The number of carbonyl (C=O) groups is 1. The molecule has 2 rings (SSSR count). The normalized spacial score (nSPS) is 12.3. The van der Waals surface area contributed by atoms with Crippen molar-refractivity contribution in [3.8, 4) is 0 Å². The van der Waals surface area contributed by atoms with Crippen molar-refractivity contribution in [1.29, 1.82) is 0 Å². The van der Waals surface area contributed by atoms with Crippen molar-refractivity contribution in [1.82, 2.24) is 30.5 Å². The summed E-state index contributed by atoms with van der Waals surface area (Å²) in [7, 11) is 0. The third-order valence-electron chi connectivity index (χ3n) is 3.31. The number of tetrazole rings is 1. The lowest BCUT2D eigenvalue weighted by atomic mass is 9.98. The molecule has 0 aliphatic carbocycles. The van der Waals surface area contributed by atoms with Crippen LogP contribution in [0.3, 0.4) is 0 Å². The van der Waals surface area contributed by atoms with Crippen LogP contribution in [-0.2, 0) is 11.3 Å². The van der Waals surface area contributed by atoms with Crippen molar-refractivity contribution in [2.45, 2.75) is 45.7 Å². The van der Waals surface area contributed by atoms with Gasteiger partial charge in [-0.2, -0.15) is 0 Å². The lowest BCUT2D eigenvalue weighted by Gasteiger charge is -2.20. The van der Waals surface area contributed by atoms with E-state index in [2.05, 4.69) is 39.7 Å². The first kappa shape index (κ1) is 16.1. The van der Waals surface area contributed by atoms with E-state index in [0.29, 0.717) is 25.3 Å². The number of aromatic nitrogens is 5. The molecule has 0 fully saturated rings. The topological polar surface area (TPSA) is 85.6 Å². The highest BCUT2D eigenvalue weighted by Crippen LogP contribution is 2.20. The molecule has 1 N–H and O–H groups in total. The molecule has 118 valence electrons. The van der Waals surface area contributed by atoms with Crippen LogP contribution in [0, 0.1) is 5.92 Å². The minimum atomic E-state index is 0.00855. The van der Waals surface area contributed by atoms with Gasteiger partial charge in [-0.1, -0.05) is 19.9 Å². The van der Waals surface area contributed by atoms with Gasteiger partial charge in [0.15, 0.2) is 0 Å². The lowest BCUT2D eigenvalue weighted by molar-refractivity contribution is -0.122. The highest BCUT2D eigenvalue weighted by molar-refractivity contribution is 5.76. The number of hydrogen-bond donors (Lipinski definition) is 1. The summed E-state index contributed by atoms with van der Waals surface area (Å²) >= 11 is 0. The first-order valence-corrected chi connectivity index (χ1v) is 7.55. The van der Waals surface area contributed by atoms with Crippen molar-refractivity contribution in [2.24, 2.45) is 5.92 Å². The lowest BCUT2D eigenvalue weighted by Crippen LogP contribution is -2.29. The van der Waals surface area contributed by atoms with Gasteiger partial charge in [0.05, 0.1) is 6.04 Å². The van der Waals surface area contributed by atoms with Gasteiger partial charge < -0.3 is 5.32 Å². The number of nitrogens with zero attached hydrogens (tertiary/aromatic N) is 5. The number of rotatable bonds is 8. The summed E-state index contributed by atoms with van der Waals surface area (Å²) in [4.78, 5) is 16.3. The van der Waals surface area contributed by atoms with E-state index in [4.69, 9.17) is 0 Å². The Labute approximate surface area is 130 Å². The van der Waals surface area contributed by atoms with E-state index in [1.54, 1.807) is 17.2 Å². The first-order chi connectivity index (χ1) is 10.6. The number of hydrogen-bond acceptors (Lipinski definition) is 5. The second-order valence-corrected chi connectivity index (χ2v) is 5.71. The minimum absolute atomic E-state index is 0.00855. The second-order valence-electron chi connectivity index (χ2n) is 5.71. The minimum Gasteiger partial charge on any atom is -0.349 e. The monoisotopic (exact) mass is 302 g/mol. The van der Waals surface area contributed by atoms with E-state index >= 15 is 0 Å². The summed E-state index contributed by atoms with van der Waals surface area (Å²) < 4.78 is 1.62. The average molecular weight is 302 g/mol. The van der Waals surface area contributed by atoms with Gasteiger partial charge in [-0.25, -0.2) is 4.68 Å². The molecule has 0 aromatic carbocycles. The van der Waals surface area contributed by atoms with Gasteiger partial charge in [0.2, 0.25) is 5.91 Å². The smallest absolute Gasteiger partial charge is 0.220 e. The van der Waals surface area contributed by atoms with Crippen LogP contribution in [0.2, 0.25) is 0 Å². The molecule has 1 amide bonds. The highest BCUT2D eigenvalue weighted by atomic mass is 16.1. The van der Waals surface area contributed by atoms with Crippen LogP contribution < -0.4 is 5.32 Å². The summed E-state index contributed by atoms with van der Waals surface area (Å²) in [5.41, 5.74) is 1.05. The maximum Gasteiger partial charge on any atom is 0.220 e. The maximum absolute atomic E-state index is 12.1. The second kappa shape index (κ2) is 8.21. The van der Waals surface area contributed by atoms with Crippen LogP contribution in [0.15, 0.2) is 30.9 Å². The number of nitrogens with one attached hydrogen (secondary N) is 1. The summed E-state index contributed by atoms with van der Waals surface area (Å²) in [5.74, 6) is 0.536. The largest absolute Gasteiger partial charge is 0.349 e. The summed E-state index contributed by atoms with van der Waals surface area (Å²) in [5, 5.41) is 14.0. The zero-order valence-corrected chi connectivity index (χ0v) is 13.0. The third-order valence-corrected chi connectivity index (χ3v) is 3.31. The van der Waals surface area contributed by atoms with Gasteiger partial charge in [0.1, 0.15) is 6.33 Å². The molecule has 0 radical (unpaired) electrons. The molecule has 0 unspecified atom stereocenters. The van der Waals surface area contributed by atoms with E-state index in [9.17, 15) is 4.79 Å². The van der Waals surface area contributed by atoms with E-state index in [0.717, 1.165) is 12.0 Å². The van der Waals surface area contributed by atoms with Gasteiger partial charge in [-0.3, -0.25) is 9.78 Å². The van der Waals surface area contributed by atoms with Gasteiger partial charge in [-0.05, 0) is 40.8 Å². The molecule has 0 saturated heterocycles. The molecule has 0 bridgehead atoms. The van der Waals surface area contributed by atoms with E-state index < -0.39 is 0 Å². The molecule has 2 aromatic heterocycles. The fraction of sp³-hybridized carbons (Fsp3) is 0.533. The van der Waals surface area contributed by atoms with Crippen LogP contribution >= 0.6 is 0 Å². The van der Waals surface area contributed by atoms with Crippen LogP contribution in [0.4, 0.5) is 0 Å². The number of pyridine rings is 1. The number of aryl methyl sites for hydroxylation is 1. The average Bonchev–Trinajstić information content (AvgIpc) is 3.00. The molecular weight excluding hydrogens is 280 g/mol. The Morgan fingerprint density at radius 2 is 2.27 bits per heavy atom. The predicted octanol–water partition coefficient (Wildman–Crippen LogP) is 1.75. The summed E-state index contributed by atoms with van der Waals surface area (Å²) in [6.07, 6.45) is 7.16. The molecule has 0 saturated carbocycles. The zero-order chi connectivity index (χ0) is 15.8. The van der Waals surface area contributed by atoms with Crippen molar-refractivity contribution >= 4 is 5.91 Å². The van der Waals surface area contributed by atoms with E-state index in [1.165, 1.54) is 0 Å². The molecule has 7 nitrogen and oxygen atoms in total. The molecule has 2 aromatic rings. The van der Waals surface area contributed by atoms with Crippen molar-refractivity contribution < 1.29 is 4.79 Å². The van der Waals surface area contributed by atoms with Crippen molar-refractivity contribution in [2.75, 3.05) is 0 Å². The Bertz CT molecular complexity index is 555. The van der Waals surface area contributed by atoms with E-state index in [1.807, 2.05) is 18.3 Å². The molecule has 0 aliphatic heterocycles. The third kappa shape index (κ3) is 5.23. The Balaban J connectivity index is 1.85. The SMILES string of the molecule is CC(C)C[C@@H](NC(=O)CCCn1cnnn1)c1cccnc1. The van der Waals surface area contributed by atoms with Crippen LogP contribution in [0.25, 0.3) is 0 Å². The van der Waals surface area contributed by atoms with Gasteiger partial charge in [-0.15, -0.1) is 5.10 Å². The molecule has 0 spiro atoms. The fourth-order valence-electron chi connectivity index (χ4n) is 2.28. The summed E-state index contributed by atoms with van der Waals surface area (Å²) in [6.45, 7) is 4.93.